The minimum Gasteiger partial charge on any atom is -0.372 e. The summed E-state index contributed by atoms with van der Waals surface area (Å²) in [6.45, 7) is 12.0. The van der Waals surface area contributed by atoms with E-state index in [1.54, 1.807) is 0 Å². The van der Waals surface area contributed by atoms with Crippen LogP contribution in [0, 0.1) is 5.92 Å². The van der Waals surface area contributed by atoms with Gasteiger partial charge in [-0.1, -0.05) is 27.7 Å². The molecule has 0 saturated carbocycles. The van der Waals surface area contributed by atoms with E-state index in [9.17, 15) is 0 Å². The van der Waals surface area contributed by atoms with Crippen molar-refractivity contribution in [2.24, 2.45) is 5.92 Å². The zero-order valence-electron chi connectivity index (χ0n) is 12.0. The van der Waals surface area contributed by atoms with Crippen LogP contribution in [0.2, 0.25) is 0 Å². The van der Waals surface area contributed by atoms with Crippen molar-refractivity contribution in [3.63, 3.8) is 0 Å². The van der Waals surface area contributed by atoms with E-state index in [2.05, 4.69) is 45.1 Å². The highest BCUT2D eigenvalue weighted by atomic mass is 32.1. The number of hydrogen-bond acceptors (Lipinski definition) is 3. The van der Waals surface area contributed by atoms with Crippen molar-refractivity contribution in [2.75, 3.05) is 19.7 Å². The van der Waals surface area contributed by atoms with Gasteiger partial charge in [0.15, 0.2) is 0 Å². The van der Waals surface area contributed by atoms with Gasteiger partial charge in [0, 0.05) is 28.8 Å². The van der Waals surface area contributed by atoms with Crippen molar-refractivity contribution in [3.8, 4) is 0 Å². The summed E-state index contributed by atoms with van der Waals surface area (Å²) in [4.78, 5) is 2.86. The summed E-state index contributed by atoms with van der Waals surface area (Å²) in [6, 6.07) is 4.53. The largest absolute Gasteiger partial charge is 0.372 e. The fourth-order valence-electron chi connectivity index (χ4n) is 2.40. The van der Waals surface area contributed by atoms with Crippen LogP contribution < -0.4 is 5.32 Å². The molecule has 2 atom stereocenters. The lowest BCUT2D eigenvalue weighted by molar-refractivity contribution is 0.0935. The quantitative estimate of drug-likeness (QED) is 0.897. The molecule has 1 saturated heterocycles. The van der Waals surface area contributed by atoms with Gasteiger partial charge in [0.05, 0.1) is 6.10 Å². The van der Waals surface area contributed by atoms with E-state index in [-0.39, 0.29) is 5.41 Å². The maximum absolute atomic E-state index is 5.95. The van der Waals surface area contributed by atoms with Crippen LogP contribution in [0.1, 0.15) is 50.0 Å². The Kier molecular flexibility index (Phi) is 4.46. The topological polar surface area (TPSA) is 21.3 Å². The maximum Gasteiger partial charge on any atom is 0.0957 e. The smallest absolute Gasteiger partial charge is 0.0957 e. The second kappa shape index (κ2) is 5.72. The molecular weight excluding hydrogens is 242 g/mol. The van der Waals surface area contributed by atoms with Crippen molar-refractivity contribution in [2.45, 2.75) is 45.6 Å². The number of rotatable bonds is 4. The molecule has 1 fully saturated rings. The molecule has 2 nitrogen and oxygen atoms in total. The lowest BCUT2D eigenvalue weighted by atomic mass is 9.95. The van der Waals surface area contributed by atoms with Crippen molar-refractivity contribution in [1.29, 1.82) is 0 Å². The highest BCUT2D eigenvalue weighted by Crippen LogP contribution is 2.40. The standard InChI is InChI=1S/C15H25NOS/c1-5-16-10-11-8-9-17-14(11)12-6-7-13(18-12)15(2,3)4/h6-7,11,14,16H,5,8-10H2,1-4H3. The Morgan fingerprint density at radius 1 is 1.39 bits per heavy atom. The van der Waals surface area contributed by atoms with Crippen molar-refractivity contribution in [3.05, 3.63) is 21.9 Å². The Labute approximate surface area is 115 Å². The molecule has 1 aromatic heterocycles. The van der Waals surface area contributed by atoms with E-state index >= 15 is 0 Å². The average Bonchev–Trinajstić information content (AvgIpc) is 2.93. The molecule has 0 radical (unpaired) electrons. The SMILES string of the molecule is CCNCC1CCOC1c1ccc(C(C)(C)C)s1. The van der Waals surface area contributed by atoms with E-state index < -0.39 is 0 Å². The molecule has 0 amide bonds. The van der Waals surface area contributed by atoms with Gasteiger partial charge in [-0.15, -0.1) is 11.3 Å². The normalized spacial score (nSPS) is 24.7. The Hall–Kier alpha value is -0.380. The fraction of sp³-hybridized carbons (Fsp3) is 0.733. The summed E-state index contributed by atoms with van der Waals surface area (Å²) in [6.07, 6.45) is 1.49. The molecule has 18 heavy (non-hydrogen) atoms. The highest BCUT2D eigenvalue weighted by Gasteiger charge is 2.31. The lowest BCUT2D eigenvalue weighted by Crippen LogP contribution is -2.24. The number of nitrogens with one attached hydrogen (secondary N) is 1. The first-order valence-electron chi connectivity index (χ1n) is 6.95. The van der Waals surface area contributed by atoms with Gasteiger partial charge < -0.3 is 10.1 Å². The van der Waals surface area contributed by atoms with Gasteiger partial charge >= 0.3 is 0 Å². The van der Waals surface area contributed by atoms with Gasteiger partial charge in [-0.2, -0.15) is 0 Å². The van der Waals surface area contributed by atoms with Gasteiger partial charge in [0.2, 0.25) is 0 Å². The molecule has 1 aliphatic heterocycles. The number of thiophene rings is 1. The lowest BCUT2D eigenvalue weighted by Gasteiger charge is -2.18. The summed E-state index contributed by atoms with van der Waals surface area (Å²) in [5.41, 5.74) is 0.249. The second-order valence-electron chi connectivity index (χ2n) is 6.10. The zero-order chi connectivity index (χ0) is 13.2. The zero-order valence-corrected chi connectivity index (χ0v) is 12.8. The fourth-order valence-corrected chi connectivity index (χ4v) is 3.60. The predicted molar refractivity (Wildman–Crippen MR) is 78.4 cm³/mol. The van der Waals surface area contributed by atoms with E-state index in [4.69, 9.17) is 4.74 Å². The molecule has 2 unspecified atom stereocenters. The molecular formula is C15H25NOS. The van der Waals surface area contributed by atoms with Gasteiger partial charge in [-0.25, -0.2) is 0 Å². The summed E-state index contributed by atoms with van der Waals surface area (Å²) in [7, 11) is 0. The van der Waals surface area contributed by atoms with Crippen LogP contribution in [-0.2, 0) is 10.2 Å². The predicted octanol–water partition coefficient (Wildman–Crippen LogP) is 3.73. The van der Waals surface area contributed by atoms with Crippen LogP contribution >= 0.6 is 11.3 Å². The minimum atomic E-state index is 0.249. The van der Waals surface area contributed by atoms with Gasteiger partial charge in [-0.3, -0.25) is 0 Å². The third kappa shape index (κ3) is 3.14. The molecule has 3 heteroatoms. The summed E-state index contributed by atoms with van der Waals surface area (Å²) in [5.74, 6) is 0.636. The first kappa shape index (κ1) is 14.0. The molecule has 1 aliphatic rings. The van der Waals surface area contributed by atoms with E-state index in [1.165, 1.54) is 16.2 Å². The Morgan fingerprint density at radius 3 is 2.78 bits per heavy atom. The van der Waals surface area contributed by atoms with Crippen LogP contribution in [0.25, 0.3) is 0 Å². The van der Waals surface area contributed by atoms with Crippen LogP contribution in [0.5, 0.6) is 0 Å². The number of ether oxygens (including phenoxy) is 1. The molecule has 2 heterocycles. The van der Waals surface area contributed by atoms with Crippen LogP contribution in [0.15, 0.2) is 12.1 Å². The molecule has 102 valence electrons. The van der Waals surface area contributed by atoms with E-state index in [1.807, 2.05) is 11.3 Å². The first-order valence-corrected chi connectivity index (χ1v) is 7.76. The third-order valence-corrected chi connectivity index (χ3v) is 5.09. The Morgan fingerprint density at radius 2 is 2.17 bits per heavy atom. The van der Waals surface area contributed by atoms with Crippen molar-refractivity contribution < 1.29 is 4.74 Å². The molecule has 0 aromatic carbocycles. The molecule has 0 aliphatic carbocycles. The monoisotopic (exact) mass is 267 g/mol. The first-order chi connectivity index (χ1) is 8.52. The van der Waals surface area contributed by atoms with Crippen LogP contribution in [-0.4, -0.2) is 19.7 Å². The Balaban J connectivity index is 2.08. The molecule has 1 aromatic rings. The summed E-state index contributed by atoms with van der Waals surface area (Å²) < 4.78 is 5.95. The molecule has 1 N–H and O–H groups in total. The number of hydrogen-bond donors (Lipinski definition) is 1. The molecule has 0 spiro atoms. The minimum absolute atomic E-state index is 0.249. The summed E-state index contributed by atoms with van der Waals surface area (Å²) >= 11 is 1.92. The van der Waals surface area contributed by atoms with E-state index in [0.717, 1.165) is 19.7 Å². The molecule has 0 bridgehead atoms. The highest BCUT2D eigenvalue weighted by molar-refractivity contribution is 7.12. The average molecular weight is 267 g/mol. The summed E-state index contributed by atoms with van der Waals surface area (Å²) in [5, 5.41) is 3.45. The van der Waals surface area contributed by atoms with Crippen molar-refractivity contribution >= 4 is 11.3 Å². The van der Waals surface area contributed by atoms with Gasteiger partial charge in [0.25, 0.3) is 0 Å². The van der Waals surface area contributed by atoms with Crippen LogP contribution in [0.3, 0.4) is 0 Å². The van der Waals surface area contributed by atoms with Gasteiger partial charge in [-0.05, 0) is 30.5 Å². The van der Waals surface area contributed by atoms with Gasteiger partial charge in [0.1, 0.15) is 0 Å². The third-order valence-electron chi connectivity index (χ3n) is 3.52. The molecule has 2 rings (SSSR count). The van der Waals surface area contributed by atoms with Crippen LogP contribution in [0.4, 0.5) is 0 Å². The maximum atomic E-state index is 5.95. The van der Waals surface area contributed by atoms with E-state index in [0.29, 0.717) is 12.0 Å². The Bertz CT molecular complexity index is 380. The van der Waals surface area contributed by atoms with Crippen molar-refractivity contribution in [1.82, 2.24) is 5.32 Å². The second-order valence-corrected chi connectivity index (χ2v) is 7.22.